The predicted octanol–water partition coefficient (Wildman–Crippen LogP) is 1.25. The highest BCUT2D eigenvalue weighted by Gasteiger charge is 2.33. The zero-order valence-corrected chi connectivity index (χ0v) is 12.5. The van der Waals surface area contributed by atoms with Crippen LogP contribution in [0.2, 0.25) is 0 Å². The van der Waals surface area contributed by atoms with Crippen LogP contribution in [-0.2, 0) is 10.2 Å². The molecule has 1 heterocycles. The Hall–Kier alpha value is -0.170. The van der Waals surface area contributed by atoms with Gasteiger partial charge in [-0.15, -0.1) is 0 Å². The van der Waals surface area contributed by atoms with Crippen LogP contribution in [0.4, 0.5) is 0 Å². The second-order valence-electron chi connectivity index (χ2n) is 6.02. The second-order valence-corrected chi connectivity index (χ2v) is 7.68. The van der Waals surface area contributed by atoms with Crippen molar-refractivity contribution in [3.05, 3.63) is 0 Å². The Labute approximate surface area is 116 Å². The first-order chi connectivity index (χ1) is 9.03. The van der Waals surface area contributed by atoms with Crippen LogP contribution in [0.1, 0.15) is 51.9 Å². The van der Waals surface area contributed by atoms with Crippen LogP contribution >= 0.6 is 0 Å². The molecule has 6 heteroatoms. The summed E-state index contributed by atoms with van der Waals surface area (Å²) in [7, 11) is -3.44. The molecule has 1 atom stereocenters. The second kappa shape index (κ2) is 6.52. The summed E-state index contributed by atoms with van der Waals surface area (Å²) in [6.45, 7) is 2.67. The topological polar surface area (TPSA) is 69.6 Å². The van der Waals surface area contributed by atoms with Gasteiger partial charge in [0.05, 0.1) is 6.61 Å². The van der Waals surface area contributed by atoms with Gasteiger partial charge in [-0.05, 0) is 44.4 Å². The molecule has 2 N–H and O–H groups in total. The van der Waals surface area contributed by atoms with Crippen LogP contribution < -0.4 is 4.72 Å². The minimum Gasteiger partial charge on any atom is -0.395 e. The summed E-state index contributed by atoms with van der Waals surface area (Å²) in [6.07, 6.45) is 6.69. The van der Waals surface area contributed by atoms with Crippen LogP contribution in [-0.4, -0.2) is 43.1 Å². The first-order valence-corrected chi connectivity index (χ1v) is 8.87. The third-order valence-corrected chi connectivity index (χ3v) is 6.15. The van der Waals surface area contributed by atoms with Crippen molar-refractivity contribution in [1.82, 2.24) is 9.03 Å². The van der Waals surface area contributed by atoms with Gasteiger partial charge in [-0.2, -0.15) is 17.4 Å². The van der Waals surface area contributed by atoms with Gasteiger partial charge in [0, 0.05) is 18.6 Å². The molecule has 19 heavy (non-hydrogen) atoms. The molecule has 2 aliphatic rings. The van der Waals surface area contributed by atoms with Gasteiger partial charge in [0.25, 0.3) is 10.2 Å². The molecule has 112 valence electrons. The Morgan fingerprint density at radius 1 is 1.16 bits per heavy atom. The van der Waals surface area contributed by atoms with E-state index in [1.54, 1.807) is 0 Å². The molecular formula is C13H26N2O3S. The monoisotopic (exact) mass is 290 g/mol. The number of hydrogen-bond acceptors (Lipinski definition) is 3. The average molecular weight is 290 g/mol. The molecule has 0 aromatic rings. The van der Waals surface area contributed by atoms with Gasteiger partial charge in [0.15, 0.2) is 0 Å². The minimum atomic E-state index is -3.44. The first-order valence-electron chi connectivity index (χ1n) is 7.43. The van der Waals surface area contributed by atoms with E-state index < -0.39 is 10.2 Å². The van der Waals surface area contributed by atoms with E-state index in [1.807, 2.05) is 0 Å². The molecule has 0 bridgehead atoms. The third kappa shape index (κ3) is 3.90. The number of nitrogens with zero attached hydrogens (tertiary/aromatic N) is 1. The Bertz CT molecular complexity index is 377. The van der Waals surface area contributed by atoms with E-state index in [2.05, 4.69) is 11.6 Å². The SMILES string of the molecule is CC1CCC(NS(=O)(=O)N2CCCCC2CO)CC1. The van der Waals surface area contributed by atoms with Crippen molar-refractivity contribution in [2.24, 2.45) is 5.92 Å². The van der Waals surface area contributed by atoms with E-state index in [4.69, 9.17) is 0 Å². The summed E-state index contributed by atoms with van der Waals surface area (Å²) in [5.41, 5.74) is 0. The molecule has 1 unspecified atom stereocenters. The molecule has 0 spiro atoms. The largest absolute Gasteiger partial charge is 0.395 e. The number of nitrogens with one attached hydrogen (secondary N) is 1. The molecule has 0 amide bonds. The smallest absolute Gasteiger partial charge is 0.280 e. The lowest BCUT2D eigenvalue weighted by molar-refractivity contribution is 0.153. The van der Waals surface area contributed by atoms with E-state index >= 15 is 0 Å². The zero-order valence-electron chi connectivity index (χ0n) is 11.7. The highest BCUT2D eigenvalue weighted by molar-refractivity contribution is 7.87. The van der Waals surface area contributed by atoms with E-state index in [-0.39, 0.29) is 18.7 Å². The third-order valence-electron chi connectivity index (χ3n) is 4.42. The molecule has 1 saturated heterocycles. The summed E-state index contributed by atoms with van der Waals surface area (Å²) in [4.78, 5) is 0. The summed E-state index contributed by atoms with van der Waals surface area (Å²) < 4.78 is 29.1. The van der Waals surface area contributed by atoms with E-state index in [1.165, 1.54) is 4.31 Å². The van der Waals surface area contributed by atoms with E-state index in [0.29, 0.717) is 12.5 Å². The highest BCUT2D eigenvalue weighted by atomic mass is 32.2. The maximum atomic E-state index is 12.4. The lowest BCUT2D eigenvalue weighted by Crippen LogP contribution is -2.53. The van der Waals surface area contributed by atoms with Gasteiger partial charge in [-0.3, -0.25) is 0 Å². The summed E-state index contributed by atoms with van der Waals surface area (Å²) in [5.74, 6) is 0.709. The molecule has 2 rings (SSSR count). The fraction of sp³-hybridized carbons (Fsp3) is 1.00. The molecule has 0 aromatic heterocycles. The van der Waals surface area contributed by atoms with Crippen molar-refractivity contribution in [2.75, 3.05) is 13.2 Å². The van der Waals surface area contributed by atoms with Crippen molar-refractivity contribution >= 4 is 10.2 Å². The Morgan fingerprint density at radius 3 is 2.47 bits per heavy atom. The van der Waals surface area contributed by atoms with Crippen molar-refractivity contribution in [2.45, 2.75) is 64.0 Å². The van der Waals surface area contributed by atoms with Crippen LogP contribution in [0.5, 0.6) is 0 Å². The molecule has 0 radical (unpaired) electrons. The number of aliphatic hydroxyl groups excluding tert-OH is 1. The maximum absolute atomic E-state index is 12.4. The van der Waals surface area contributed by atoms with Gasteiger partial charge in [-0.1, -0.05) is 13.3 Å². The van der Waals surface area contributed by atoms with Gasteiger partial charge < -0.3 is 5.11 Å². The first kappa shape index (κ1) is 15.2. The number of aliphatic hydroxyl groups is 1. The van der Waals surface area contributed by atoms with Crippen LogP contribution in [0.25, 0.3) is 0 Å². The zero-order chi connectivity index (χ0) is 13.9. The Balaban J connectivity index is 1.96. The molecule has 1 aliphatic heterocycles. The highest BCUT2D eigenvalue weighted by Crippen LogP contribution is 2.25. The van der Waals surface area contributed by atoms with Gasteiger partial charge in [-0.25, -0.2) is 0 Å². The van der Waals surface area contributed by atoms with E-state index in [9.17, 15) is 13.5 Å². The molecular weight excluding hydrogens is 264 g/mol. The van der Waals surface area contributed by atoms with Crippen molar-refractivity contribution < 1.29 is 13.5 Å². The lowest BCUT2D eigenvalue weighted by atomic mass is 9.88. The van der Waals surface area contributed by atoms with Crippen LogP contribution in [0.3, 0.4) is 0 Å². The number of hydrogen-bond donors (Lipinski definition) is 2. The molecule has 5 nitrogen and oxygen atoms in total. The molecule has 1 aliphatic carbocycles. The summed E-state index contributed by atoms with van der Waals surface area (Å²) in [6, 6.07) is -0.170. The van der Waals surface area contributed by atoms with Gasteiger partial charge in [0.1, 0.15) is 0 Å². The Morgan fingerprint density at radius 2 is 1.84 bits per heavy atom. The van der Waals surface area contributed by atoms with Crippen molar-refractivity contribution in [1.29, 1.82) is 0 Å². The Kier molecular flexibility index (Phi) is 5.22. The van der Waals surface area contributed by atoms with Gasteiger partial charge >= 0.3 is 0 Å². The average Bonchev–Trinajstić information content (AvgIpc) is 2.41. The number of rotatable bonds is 4. The molecule has 2 fully saturated rings. The van der Waals surface area contributed by atoms with E-state index in [0.717, 1.165) is 44.9 Å². The number of piperidine rings is 1. The van der Waals surface area contributed by atoms with Crippen molar-refractivity contribution in [3.63, 3.8) is 0 Å². The molecule has 0 aromatic carbocycles. The lowest BCUT2D eigenvalue weighted by Gasteiger charge is -2.35. The normalized spacial score (nSPS) is 34.3. The quantitative estimate of drug-likeness (QED) is 0.818. The standard InChI is InChI=1S/C13H26N2O3S/c1-11-5-7-12(8-6-11)14-19(17,18)15-9-3-2-4-13(15)10-16/h11-14,16H,2-10H2,1H3. The minimum absolute atomic E-state index is 0.0717. The maximum Gasteiger partial charge on any atom is 0.280 e. The van der Waals surface area contributed by atoms with Crippen LogP contribution in [0, 0.1) is 5.92 Å². The van der Waals surface area contributed by atoms with Crippen molar-refractivity contribution in [3.8, 4) is 0 Å². The molecule has 1 saturated carbocycles. The predicted molar refractivity (Wildman–Crippen MR) is 74.9 cm³/mol. The van der Waals surface area contributed by atoms with Crippen LogP contribution in [0.15, 0.2) is 0 Å². The summed E-state index contributed by atoms with van der Waals surface area (Å²) >= 11 is 0. The fourth-order valence-corrected chi connectivity index (χ4v) is 4.86. The van der Waals surface area contributed by atoms with Gasteiger partial charge in [0.2, 0.25) is 0 Å². The summed E-state index contributed by atoms with van der Waals surface area (Å²) in [5, 5.41) is 9.33. The fourth-order valence-electron chi connectivity index (χ4n) is 3.13.